The first-order valence-corrected chi connectivity index (χ1v) is 8.05. The minimum absolute atomic E-state index is 0.303. The maximum atomic E-state index is 10.0. The lowest BCUT2D eigenvalue weighted by molar-refractivity contribution is -0.00203. The standard InChI is InChI=1S/C15H17NO3S2/c1-10(16-19)11-3-5-13(6-4-11)21-14-7-12(8-20-14)15(2,18)9-17/h3-8,17-19H,9H2,1-2H3/b16-10-. The molecule has 4 nitrogen and oxygen atoms in total. The molecule has 112 valence electrons. The van der Waals surface area contributed by atoms with Crippen LogP contribution in [-0.2, 0) is 5.60 Å². The quantitative estimate of drug-likeness (QED) is 0.448. The van der Waals surface area contributed by atoms with E-state index < -0.39 is 5.60 Å². The van der Waals surface area contributed by atoms with E-state index in [1.807, 2.05) is 35.7 Å². The first kappa shape index (κ1) is 16.0. The molecule has 0 bridgehead atoms. The Kier molecular flexibility index (Phi) is 5.05. The van der Waals surface area contributed by atoms with E-state index >= 15 is 0 Å². The molecule has 0 saturated heterocycles. The minimum atomic E-state index is -1.20. The van der Waals surface area contributed by atoms with Gasteiger partial charge in [0.15, 0.2) is 0 Å². The predicted molar refractivity (Wildman–Crippen MR) is 85.5 cm³/mol. The van der Waals surface area contributed by atoms with Crippen molar-refractivity contribution in [1.82, 2.24) is 0 Å². The lowest BCUT2D eigenvalue weighted by Crippen LogP contribution is -2.24. The van der Waals surface area contributed by atoms with Crippen molar-refractivity contribution in [2.45, 2.75) is 28.6 Å². The molecule has 1 atom stereocenters. The molecule has 1 aromatic heterocycles. The van der Waals surface area contributed by atoms with Crippen molar-refractivity contribution in [3.63, 3.8) is 0 Å². The monoisotopic (exact) mass is 323 g/mol. The fourth-order valence-corrected chi connectivity index (χ4v) is 3.76. The SMILES string of the molecule is C/C(=N/O)c1ccc(Sc2cc(C(C)(O)CO)cs2)cc1. The molecule has 0 saturated carbocycles. The maximum absolute atomic E-state index is 10.0. The van der Waals surface area contributed by atoms with E-state index in [0.29, 0.717) is 5.71 Å². The lowest BCUT2D eigenvalue weighted by atomic mass is 10.0. The second kappa shape index (κ2) is 6.62. The Morgan fingerprint density at radius 2 is 2.00 bits per heavy atom. The zero-order valence-electron chi connectivity index (χ0n) is 11.8. The van der Waals surface area contributed by atoms with E-state index in [9.17, 15) is 5.11 Å². The number of nitrogens with zero attached hydrogens (tertiary/aromatic N) is 1. The topological polar surface area (TPSA) is 73.1 Å². The van der Waals surface area contributed by atoms with E-state index in [0.717, 1.165) is 20.2 Å². The molecule has 0 spiro atoms. The van der Waals surface area contributed by atoms with Gasteiger partial charge in [-0.15, -0.1) is 11.3 Å². The van der Waals surface area contributed by atoms with Crippen molar-refractivity contribution >= 4 is 28.8 Å². The second-order valence-corrected chi connectivity index (χ2v) is 7.18. The van der Waals surface area contributed by atoms with Gasteiger partial charge in [0.05, 0.1) is 16.5 Å². The van der Waals surface area contributed by atoms with Gasteiger partial charge in [-0.05, 0) is 48.6 Å². The molecule has 1 heterocycles. The molecule has 0 amide bonds. The summed E-state index contributed by atoms with van der Waals surface area (Å²) >= 11 is 3.12. The first-order valence-electron chi connectivity index (χ1n) is 6.35. The summed E-state index contributed by atoms with van der Waals surface area (Å²) in [6, 6.07) is 9.60. The zero-order valence-corrected chi connectivity index (χ0v) is 13.4. The molecule has 0 aliphatic rings. The molecule has 1 unspecified atom stereocenters. The van der Waals surface area contributed by atoms with E-state index in [2.05, 4.69) is 5.16 Å². The molecular weight excluding hydrogens is 306 g/mol. The van der Waals surface area contributed by atoms with Gasteiger partial charge in [-0.2, -0.15) is 0 Å². The van der Waals surface area contributed by atoms with Gasteiger partial charge in [-0.1, -0.05) is 29.1 Å². The van der Waals surface area contributed by atoms with Gasteiger partial charge in [0.1, 0.15) is 5.60 Å². The summed E-state index contributed by atoms with van der Waals surface area (Å²) in [6.07, 6.45) is 0. The van der Waals surface area contributed by atoms with Crippen LogP contribution in [0.1, 0.15) is 25.0 Å². The van der Waals surface area contributed by atoms with E-state index in [-0.39, 0.29) is 6.61 Å². The number of aliphatic hydroxyl groups is 2. The number of hydrogen-bond donors (Lipinski definition) is 3. The Morgan fingerprint density at radius 3 is 2.57 bits per heavy atom. The number of aliphatic hydroxyl groups excluding tert-OH is 1. The average molecular weight is 323 g/mol. The first-order chi connectivity index (χ1) is 9.96. The third-order valence-electron chi connectivity index (χ3n) is 3.15. The van der Waals surface area contributed by atoms with Crippen LogP contribution in [0.5, 0.6) is 0 Å². The predicted octanol–water partition coefficient (Wildman–Crippen LogP) is 3.30. The van der Waals surface area contributed by atoms with Gasteiger partial charge < -0.3 is 15.4 Å². The summed E-state index contributed by atoms with van der Waals surface area (Å²) in [4.78, 5) is 1.06. The van der Waals surface area contributed by atoms with Crippen molar-refractivity contribution < 1.29 is 15.4 Å². The highest BCUT2D eigenvalue weighted by atomic mass is 32.2. The highest BCUT2D eigenvalue weighted by Crippen LogP contribution is 2.36. The largest absolute Gasteiger partial charge is 0.411 e. The molecule has 6 heteroatoms. The minimum Gasteiger partial charge on any atom is -0.411 e. The summed E-state index contributed by atoms with van der Waals surface area (Å²) in [5.74, 6) is 0. The fraction of sp³-hybridized carbons (Fsp3) is 0.267. The Hall–Kier alpha value is -1.34. The number of thiophene rings is 1. The summed E-state index contributed by atoms with van der Waals surface area (Å²) < 4.78 is 1.04. The molecule has 3 N–H and O–H groups in total. The third-order valence-corrected chi connectivity index (χ3v) is 5.23. The van der Waals surface area contributed by atoms with Crippen molar-refractivity contribution in [3.05, 3.63) is 46.8 Å². The van der Waals surface area contributed by atoms with Gasteiger partial charge in [-0.3, -0.25) is 0 Å². The summed E-state index contributed by atoms with van der Waals surface area (Å²) in [6.45, 7) is 3.03. The van der Waals surface area contributed by atoms with Gasteiger partial charge in [0.25, 0.3) is 0 Å². The second-order valence-electron chi connectivity index (χ2n) is 4.90. The Balaban J connectivity index is 2.12. The summed E-state index contributed by atoms with van der Waals surface area (Å²) in [7, 11) is 0. The number of hydrogen-bond acceptors (Lipinski definition) is 6. The molecule has 0 fully saturated rings. The maximum Gasteiger partial charge on any atom is 0.111 e. The molecule has 1 aromatic carbocycles. The van der Waals surface area contributed by atoms with Crippen LogP contribution < -0.4 is 0 Å². The molecule has 0 radical (unpaired) electrons. The van der Waals surface area contributed by atoms with E-state index in [4.69, 9.17) is 10.3 Å². The molecule has 0 aliphatic carbocycles. The van der Waals surface area contributed by atoms with Crippen molar-refractivity contribution in [2.24, 2.45) is 5.16 Å². The van der Waals surface area contributed by atoms with Crippen molar-refractivity contribution in [3.8, 4) is 0 Å². The van der Waals surface area contributed by atoms with Gasteiger partial charge >= 0.3 is 0 Å². The van der Waals surface area contributed by atoms with Crippen molar-refractivity contribution in [2.75, 3.05) is 6.61 Å². The van der Waals surface area contributed by atoms with E-state index in [1.165, 1.54) is 11.3 Å². The third kappa shape index (κ3) is 3.85. The Labute approximate surface area is 131 Å². The van der Waals surface area contributed by atoms with Crippen LogP contribution >= 0.6 is 23.1 Å². The Bertz CT molecular complexity index is 633. The molecular formula is C15H17NO3S2. The van der Waals surface area contributed by atoms with Crippen LogP contribution in [0, 0.1) is 0 Å². The van der Waals surface area contributed by atoms with Crippen LogP contribution in [-0.4, -0.2) is 27.7 Å². The van der Waals surface area contributed by atoms with Crippen LogP contribution in [0.4, 0.5) is 0 Å². The van der Waals surface area contributed by atoms with E-state index in [1.54, 1.807) is 25.6 Å². The average Bonchev–Trinajstić information content (AvgIpc) is 2.96. The number of rotatable bonds is 5. The van der Waals surface area contributed by atoms with Gasteiger partial charge in [0.2, 0.25) is 0 Å². The van der Waals surface area contributed by atoms with Crippen LogP contribution in [0.15, 0.2) is 50.0 Å². The Morgan fingerprint density at radius 1 is 1.33 bits per heavy atom. The highest BCUT2D eigenvalue weighted by molar-refractivity contribution is 8.01. The highest BCUT2D eigenvalue weighted by Gasteiger charge is 2.23. The molecule has 0 aliphatic heterocycles. The molecule has 21 heavy (non-hydrogen) atoms. The zero-order chi connectivity index (χ0) is 15.5. The summed E-state index contributed by atoms with van der Waals surface area (Å²) in [5.41, 5.74) is 0.965. The smallest absolute Gasteiger partial charge is 0.111 e. The van der Waals surface area contributed by atoms with Crippen LogP contribution in [0.3, 0.4) is 0 Å². The normalized spacial score (nSPS) is 15.0. The van der Waals surface area contributed by atoms with Gasteiger partial charge in [-0.25, -0.2) is 0 Å². The lowest BCUT2D eigenvalue weighted by Gasteiger charge is -2.18. The molecule has 2 aromatic rings. The van der Waals surface area contributed by atoms with Crippen LogP contribution in [0.2, 0.25) is 0 Å². The number of benzene rings is 1. The fourth-order valence-electron chi connectivity index (χ4n) is 1.68. The van der Waals surface area contributed by atoms with Gasteiger partial charge in [0, 0.05) is 4.90 Å². The van der Waals surface area contributed by atoms with Crippen molar-refractivity contribution in [1.29, 1.82) is 0 Å². The molecule has 2 rings (SSSR count). The van der Waals surface area contributed by atoms with Crippen LogP contribution in [0.25, 0.3) is 0 Å². The number of oxime groups is 1. The summed E-state index contributed by atoms with van der Waals surface area (Å²) in [5, 5.41) is 32.9.